The molecule has 2 heterocycles. The van der Waals surface area contributed by atoms with Gasteiger partial charge >= 0.3 is 0 Å². The fourth-order valence-corrected chi connectivity index (χ4v) is 2.28. The third-order valence-corrected chi connectivity index (χ3v) is 3.38. The van der Waals surface area contributed by atoms with Gasteiger partial charge in [0, 0.05) is 19.2 Å². The van der Waals surface area contributed by atoms with Crippen molar-refractivity contribution in [3.63, 3.8) is 0 Å². The number of aromatic nitrogens is 2. The van der Waals surface area contributed by atoms with E-state index < -0.39 is 5.56 Å². The molecule has 2 amide bonds. The van der Waals surface area contributed by atoms with Crippen LogP contribution in [0.3, 0.4) is 0 Å². The predicted molar refractivity (Wildman–Crippen MR) is 92.2 cm³/mol. The molecule has 0 radical (unpaired) electrons. The Bertz CT molecular complexity index is 811. The minimum absolute atomic E-state index is 0.101. The highest BCUT2D eigenvalue weighted by atomic mass is 16.2. The minimum Gasteiger partial charge on any atom is -0.352 e. The third-order valence-electron chi connectivity index (χ3n) is 3.38. The second kappa shape index (κ2) is 7.72. The van der Waals surface area contributed by atoms with Gasteiger partial charge in [-0.2, -0.15) is 0 Å². The number of amides is 2. The lowest BCUT2D eigenvalue weighted by Crippen LogP contribution is -2.28. The van der Waals surface area contributed by atoms with E-state index in [1.54, 1.807) is 12.1 Å². The van der Waals surface area contributed by atoms with Gasteiger partial charge in [0.15, 0.2) is 5.65 Å². The molecule has 0 saturated carbocycles. The number of fused-ring (bicyclic) bond motifs is 1. The lowest BCUT2D eigenvalue weighted by molar-refractivity contribution is -0.116. The Hall–Kier alpha value is -2.70. The van der Waals surface area contributed by atoms with Crippen molar-refractivity contribution < 1.29 is 9.59 Å². The van der Waals surface area contributed by atoms with Gasteiger partial charge in [0.05, 0.1) is 11.8 Å². The summed E-state index contributed by atoms with van der Waals surface area (Å²) < 4.78 is 1.27. The molecule has 2 rings (SSSR count). The Labute approximate surface area is 140 Å². The third kappa shape index (κ3) is 3.98. The molecule has 0 aliphatic rings. The molecular formula is C17H22N4O3. The molecule has 2 N–H and O–H groups in total. The summed E-state index contributed by atoms with van der Waals surface area (Å²) >= 11 is 0. The first-order valence-corrected chi connectivity index (χ1v) is 8.02. The molecule has 7 nitrogen and oxygen atoms in total. The van der Waals surface area contributed by atoms with Crippen LogP contribution >= 0.6 is 0 Å². The molecule has 24 heavy (non-hydrogen) atoms. The molecule has 2 aromatic heterocycles. The van der Waals surface area contributed by atoms with E-state index in [9.17, 15) is 14.4 Å². The van der Waals surface area contributed by atoms with E-state index in [1.807, 2.05) is 20.8 Å². The second-order valence-electron chi connectivity index (χ2n) is 5.99. The number of hydrogen-bond donors (Lipinski definition) is 2. The van der Waals surface area contributed by atoms with Crippen LogP contribution in [0.25, 0.3) is 5.65 Å². The highest BCUT2D eigenvalue weighted by Gasteiger charge is 2.14. The van der Waals surface area contributed by atoms with Gasteiger partial charge in [0.1, 0.15) is 5.69 Å². The van der Waals surface area contributed by atoms with Crippen molar-refractivity contribution in [2.75, 3.05) is 11.9 Å². The quantitative estimate of drug-likeness (QED) is 0.845. The lowest BCUT2D eigenvalue weighted by Gasteiger charge is -2.10. The van der Waals surface area contributed by atoms with Gasteiger partial charge in [-0.05, 0) is 24.5 Å². The van der Waals surface area contributed by atoms with Crippen LogP contribution in [0.1, 0.15) is 44.0 Å². The zero-order valence-corrected chi connectivity index (χ0v) is 14.1. The van der Waals surface area contributed by atoms with Gasteiger partial charge < -0.3 is 10.6 Å². The summed E-state index contributed by atoms with van der Waals surface area (Å²) in [6, 6.07) is 3.22. The molecule has 0 aliphatic heterocycles. The Morgan fingerprint density at radius 3 is 2.75 bits per heavy atom. The maximum atomic E-state index is 12.5. The van der Waals surface area contributed by atoms with Crippen LogP contribution < -0.4 is 16.2 Å². The lowest BCUT2D eigenvalue weighted by atomic mass is 10.1. The number of nitrogens with one attached hydrogen (secondary N) is 2. The number of carbonyl (C=O) groups excluding carboxylic acids is 2. The Morgan fingerprint density at radius 1 is 1.33 bits per heavy atom. The fourth-order valence-electron chi connectivity index (χ4n) is 2.28. The molecule has 2 aromatic rings. The summed E-state index contributed by atoms with van der Waals surface area (Å²) in [5, 5.41) is 5.35. The maximum Gasteiger partial charge on any atom is 0.281 e. The second-order valence-corrected chi connectivity index (χ2v) is 5.99. The number of carbonyl (C=O) groups is 2. The number of anilines is 1. The van der Waals surface area contributed by atoms with Crippen molar-refractivity contribution in [3.8, 4) is 0 Å². The van der Waals surface area contributed by atoms with Gasteiger partial charge in [-0.25, -0.2) is 4.98 Å². The van der Waals surface area contributed by atoms with Gasteiger partial charge in [0.2, 0.25) is 5.91 Å². The summed E-state index contributed by atoms with van der Waals surface area (Å²) in [5.74, 6) is -0.325. The Morgan fingerprint density at radius 2 is 2.08 bits per heavy atom. The fraction of sp³-hybridized carbons (Fsp3) is 0.412. The summed E-state index contributed by atoms with van der Waals surface area (Å²) in [5.41, 5.74) is 0.271. The topological polar surface area (TPSA) is 92.6 Å². The van der Waals surface area contributed by atoms with E-state index >= 15 is 0 Å². The number of nitrogens with zero attached hydrogens (tertiary/aromatic N) is 2. The largest absolute Gasteiger partial charge is 0.352 e. The summed E-state index contributed by atoms with van der Waals surface area (Å²) in [6.45, 7) is 6.35. The van der Waals surface area contributed by atoms with Crippen molar-refractivity contribution >= 4 is 23.1 Å². The van der Waals surface area contributed by atoms with E-state index in [-0.39, 0.29) is 29.1 Å². The molecule has 0 aromatic carbocycles. The van der Waals surface area contributed by atoms with Crippen LogP contribution in [0.5, 0.6) is 0 Å². The highest BCUT2D eigenvalue weighted by molar-refractivity contribution is 5.99. The molecule has 0 spiro atoms. The smallest absolute Gasteiger partial charge is 0.281 e. The molecule has 0 atom stereocenters. The van der Waals surface area contributed by atoms with Gasteiger partial charge in [-0.15, -0.1) is 0 Å². The first-order chi connectivity index (χ1) is 11.4. The average Bonchev–Trinajstić information content (AvgIpc) is 2.54. The molecule has 0 fully saturated rings. The van der Waals surface area contributed by atoms with Crippen molar-refractivity contribution in [2.45, 2.75) is 33.6 Å². The van der Waals surface area contributed by atoms with Crippen LogP contribution in [0.4, 0.5) is 5.69 Å². The molecular weight excluding hydrogens is 308 g/mol. The van der Waals surface area contributed by atoms with Crippen LogP contribution in [0.2, 0.25) is 0 Å². The van der Waals surface area contributed by atoms with Gasteiger partial charge in [-0.1, -0.05) is 20.8 Å². The van der Waals surface area contributed by atoms with Crippen LogP contribution in [0, 0.1) is 5.92 Å². The minimum atomic E-state index is -0.415. The molecule has 0 bridgehead atoms. The standard InChI is InChI=1S/C17H22N4O3/c1-4-7-18-16(23)12-6-5-8-21-15(12)19-10-13(17(21)24)20-14(22)9-11(2)3/h5-6,8,10-11H,4,7,9H2,1-3H3,(H,18,23)(H,20,22). The van der Waals surface area contributed by atoms with Crippen LogP contribution in [0.15, 0.2) is 29.3 Å². The zero-order chi connectivity index (χ0) is 17.7. The van der Waals surface area contributed by atoms with E-state index in [1.165, 1.54) is 16.8 Å². The summed E-state index contributed by atoms with van der Waals surface area (Å²) in [4.78, 5) is 40.7. The van der Waals surface area contributed by atoms with Crippen LogP contribution in [-0.4, -0.2) is 27.7 Å². The molecule has 128 valence electrons. The van der Waals surface area contributed by atoms with Crippen molar-refractivity contribution in [1.29, 1.82) is 0 Å². The normalized spacial score (nSPS) is 10.8. The van der Waals surface area contributed by atoms with E-state index in [4.69, 9.17) is 0 Å². The first-order valence-electron chi connectivity index (χ1n) is 8.02. The summed E-state index contributed by atoms with van der Waals surface area (Å²) in [7, 11) is 0. The SMILES string of the molecule is CCCNC(=O)c1cccn2c(=O)c(NC(=O)CC(C)C)cnc12. The number of rotatable bonds is 6. The molecule has 7 heteroatoms. The van der Waals surface area contributed by atoms with Gasteiger partial charge in [0.25, 0.3) is 11.5 Å². The maximum absolute atomic E-state index is 12.5. The van der Waals surface area contributed by atoms with Crippen LogP contribution in [-0.2, 0) is 4.79 Å². The molecule has 0 saturated heterocycles. The monoisotopic (exact) mass is 330 g/mol. The highest BCUT2D eigenvalue weighted by Crippen LogP contribution is 2.09. The Kier molecular flexibility index (Phi) is 5.68. The van der Waals surface area contributed by atoms with Crippen molar-refractivity contribution in [3.05, 3.63) is 40.4 Å². The first kappa shape index (κ1) is 17.7. The molecule has 0 unspecified atom stereocenters. The van der Waals surface area contributed by atoms with Crippen molar-refractivity contribution in [1.82, 2.24) is 14.7 Å². The van der Waals surface area contributed by atoms with E-state index in [0.29, 0.717) is 18.5 Å². The average molecular weight is 330 g/mol. The van der Waals surface area contributed by atoms with E-state index in [2.05, 4.69) is 15.6 Å². The van der Waals surface area contributed by atoms with Crippen molar-refractivity contribution in [2.24, 2.45) is 5.92 Å². The van der Waals surface area contributed by atoms with Gasteiger partial charge in [-0.3, -0.25) is 18.8 Å². The van der Waals surface area contributed by atoms with E-state index in [0.717, 1.165) is 6.42 Å². The zero-order valence-electron chi connectivity index (χ0n) is 14.1. The summed E-state index contributed by atoms with van der Waals surface area (Å²) in [6.07, 6.45) is 3.96. The number of hydrogen-bond acceptors (Lipinski definition) is 4. The predicted octanol–water partition coefficient (Wildman–Crippen LogP) is 1.82. The Balaban J connectivity index is 2.37. The number of pyridine rings is 1. The molecule has 0 aliphatic carbocycles.